The summed E-state index contributed by atoms with van der Waals surface area (Å²) in [4.78, 5) is 0. The van der Waals surface area contributed by atoms with Gasteiger partial charge in [0.15, 0.2) is 0 Å². The lowest BCUT2D eigenvalue weighted by molar-refractivity contribution is -0.142. The zero-order valence-corrected chi connectivity index (χ0v) is 15.3. The van der Waals surface area contributed by atoms with E-state index < -0.39 is 5.60 Å². The Morgan fingerprint density at radius 1 is 0.870 bits per heavy atom. The molecular weight excluding hydrogens is 284 g/mol. The highest BCUT2D eigenvalue weighted by molar-refractivity contribution is 5.23. The molecule has 4 aliphatic carbocycles. The summed E-state index contributed by atoms with van der Waals surface area (Å²) >= 11 is 0. The van der Waals surface area contributed by atoms with Gasteiger partial charge in [-0.25, -0.2) is 0 Å². The predicted octanol–water partition coefficient (Wildman–Crippen LogP) is 4.31. The molecule has 4 rings (SSSR count). The molecule has 0 aliphatic heterocycles. The van der Waals surface area contributed by atoms with Crippen molar-refractivity contribution < 1.29 is 10.2 Å². The topological polar surface area (TPSA) is 40.5 Å². The molecule has 8 atom stereocenters. The van der Waals surface area contributed by atoms with E-state index >= 15 is 0 Å². The highest BCUT2D eigenvalue weighted by Gasteiger charge is 2.63. The van der Waals surface area contributed by atoms with Gasteiger partial charge in [0.1, 0.15) is 0 Å². The first-order valence-corrected chi connectivity index (χ1v) is 9.72. The van der Waals surface area contributed by atoms with E-state index in [1.165, 1.54) is 32.1 Å². The molecular formula is C21H34O2. The van der Waals surface area contributed by atoms with E-state index in [9.17, 15) is 10.2 Å². The molecule has 130 valence electrons. The lowest BCUT2D eigenvalue weighted by Gasteiger charge is -2.64. The van der Waals surface area contributed by atoms with Gasteiger partial charge in [-0.15, -0.1) is 0 Å². The summed E-state index contributed by atoms with van der Waals surface area (Å²) in [5.74, 6) is 2.18. The van der Waals surface area contributed by atoms with Crippen molar-refractivity contribution in [3.8, 4) is 0 Å². The normalized spacial score (nSPS) is 61.7. The standard InChI is InChI=1S/C21H34O2/c1-18-9-7-14-15-5-6-17(22)20(15,3)10-8-16(14)21(18,4)12-11-19(2,23)13-18/h11-12,14-17,22-23H,5-10,13H2,1-4H3/t14-,15-,16-,17+,18+,19+,20+,21-/m1/s1. The predicted molar refractivity (Wildman–Crippen MR) is 92.9 cm³/mol. The number of aliphatic hydroxyl groups excluding tert-OH is 1. The van der Waals surface area contributed by atoms with Crippen LogP contribution in [0.4, 0.5) is 0 Å². The molecule has 23 heavy (non-hydrogen) atoms. The van der Waals surface area contributed by atoms with Crippen LogP contribution < -0.4 is 0 Å². The molecule has 0 saturated heterocycles. The van der Waals surface area contributed by atoms with Gasteiger partial charge in [-0.05, 0) is 85.9 Å². The van der Waals surface area contributed by atoms with E-state index in [2.05, 4.69) is 32.9 Å². The van der Waals surface area contributed by atoms with Gasteiger partial charge in [0.2, 0.25) is 0 Å². The largest absolute Gasteiger partial charge is 0.393 e. The molecule has 0 bridgehead atoms. The van der Waals surface area contributed by atoms with E-state index in [0.29, 0.717) is 5.92 Å². The van der Waals surface area contributed by atoms with E-state index in [4.69, 9.17) is 0 Å². The van der Waals surface area contributed by atoms with Crippen molar-refractivity contribution in [2.75, 3.05) is 0 Å². The van der Waals surface area contributed by atoms with Crippen molar-refractivity contribution >= 4 is 0 Å². The van der Waals surface area contributed by atoms with Crippen molar-refractivity contribution in [1.82, 2.24) is 0 Å². The lowest BCUT2D eigenvalue weighted by Crippen LogP contribution is -2.58. The minimum Gasteiger partial charge on any atom is -0.393 e. The van der Waals surface area contributed by atoms with Crippen LogP contribution in [0.2, 0.25) is 0 Å². The Morgan fingerprint density at radius 3 is 2.35 bits per heavy atom. The van der Waals surface area contributed by atoms with E-state index in [0.717, 1.165) is 24.7 Å². The Labute approximate surface area is 141 Å². The van der Waals surface area contributed by atoms with Crippen molar-refractivity contribution in [1.29, 1.82) is 0 Å². The zero-order chi connectivity index (χ0) is 16.7. The van der Waals surface area contributed by atoms with Gasteiger partial charge < -0.3 is 10.2 Å². The molecule has 0 aromatic rings. The maximum Gasteiger partial charge on any atom is 0.0805 e. The minimum absolute atomic E-state index is 0.0859. The van der Waals surface area contributed by atoms with Crippen LogP contribution in [0, 0.1) is 34.0 Å². The van der Waals surface area contributed by atoms with Gasteiger partial charge in [-0.3, -0.25) is 0 Å². The van der Waals surface area contributed by atoms with Crippen LogP contribution >= 0.6 is 0 Å². The number of aliphatic hydroxyl groups is 2. The second kappa shape index (κ2) is 4.64. The summed E-state index contributed by atoms with van der Waals surface area (Å²) in [5, 5.41) is 21.1. The number of fused-ring (bicyclic) bond motifs is 5. The Kier molecular flexibility index (Phi) is 3.25. The SMILES string of the molecule is C[C@]12CC[C@@H]3[C@H](CC[C@@]4(C)C[C@@](C)(O)C=C[C@]34C)[C@H]1CC[C@@H]2O. The number of hydrogen-bond acceptors (Lipinski definition) is 2. The molecule has 2 N–H and O–H groups in total. The summed E-state index contributed by atoms with van der Waals surface area (Å²) in [6.45, 7) is 9.19. The van der Waals surface area contributed by atoms with Crippen LogP contribution in [0.3, 0.4) is 0 Å². The van der Waals surface area contributed by atoms with Crippen LogP contribution in [-0.2, 0) is 0 Å². The zero-order valence-electron chi connectivity index (χ0n) is 15.3. The summed E-state index contributed by atoms with van der Waals surface area (Å²) in [6.07, 6.45) is 12.4. The van der Waals surface area contributed by atoms with Gasteiger partial charge in [-0.1, -0.05) is 32.9 Å². The summed E-state index contributed by atoms with van der Waals surface area (Å²) in [5.41, 5.74) is -0.0760. The quantitative estimate of drug-likeness (QED) is 0.654. The van der Waals surface area contributed by atoms with Crippen molar-refractivity contribution in [2.45, 2.75) is 84.3 Å². The Hall–Kier alpha value is -0.340. The third-order valence-corrected chi connectivity index (χ3v) is 9.02. The number of allylic oxidation sites excluding steroid dienone is 1. The highest BCUT2D eigenvalue weighted by atomic mass is 16.3. The molecule has 4 aliphatic rings. The molecule has 0 heterocycles. The van der Waals surface area contributed by atoms with Crippen LogP contribution in [-0.4, -0.2) is 21.9 Å². The van der Waals surface area contributed by atoms with Crippen LogP contribution in [0.1, 0.15) is 72.6 Å². The van der Waals surface area contributed by atoms with Crippen LogP contribution in [0.5, 0.6) is 0 Å². The monoisotopic (exact) mass is 318 g/mol. The first-order valence-electron chi connectivity index (χ1n) is 9.72. The average Bonchev–Trinajstić information content (AvgIpc) is 2.76. The Bertz CT molecular complexity index is 538. The lowest BCUT2D eigenvalue weighted by atomic mass is 9.41. The summed E-state index contributed by atoms with van der Waals surface area (Å²) in [7, 11) is 0. The van der Waals surface area contributed by atoms with Crippen molar-refractivity contribution in [2.24, 2.45) is 34.0 Å². The van der Waals surface area contributed by atoms with E-state index in [1.807, 2.05) is 6.92 Å². The van der Waals surface area contributed by atoms with Gasteiger partial charge in [-0.2, -0.15) is 0 Å². The molecule has 2 nitrogen and oxygen atoms in total. The first-order chi connectivity index (χ1) is 10.6. The first kappa shape index (κ1) is 16.1. The summed E-state index contributed by atoms with van der Waals surface area (Å²) < 4.78 is 0. The third kappa shape index (κ3) is 2.00. The fourth-order valence-corrected chi connectivity index (χ4v) is 7.41. The Balaban J connectivity index is 1.72. The fraction of sp³-hybridized carbons (Fsp3) is 0.905. The molecule has 3 fully saturated rings. The molecule has 0 aromatic carbocycles. The average molecular weight is 319 g/mol. The van der Waals surface area contributed by atoms with Gasteiger partial charge in [0.05, 0.1) is 11.7 Å². The van der Waals surface area contributed by atoms with Crippen molar-refractivity contribution in [3.63, 3.8) is 0 Å². The Morgan fingerprint density at radius 2 is 1.61 bits per heavy atom. The second-order valence-electron chi connectivity index (χ2n) is 10.3. The maximum atomic E-state index is 10.6. The van der Waals surface area contributed by atoms with Gasteiger partial charge in [0.25, 0.3) is 0 Å². The van der Waals surface area contributed by atoms with Crippen LogP contribution in [0.25, 0.3) is 0 Å². The molecule has 3 saturated carbocycles. The molecule has 0 amide bonds. The highest BCUT2D eigenvalue weighted by Crippen LogP contribution is 2.69. The van der Waals surface area contributed by atoms with Crippen LogP contribution in [0.15, 0.2) is 12.2 Å². The fourth-order valence-electron chi connectivity index (χ4n) is 7.41. The molecule has 0 spiro atoms. The van der Waals surface area contributed by atoms with Crippen molar-refractivity contribution in [3.05, 3.63) is 12.2 Å². The number of rotatable bonds is 0. The second-order valence-corrected chi connectivity index (χ2v) is 10.3. The number of hydrogen-bond donors (Lipinski definition) is 2. The molecule has 0 radical (unpaired) electrons. The van der Waals surface area contributed by atoms with Gasteiger partial charge >= 0.3 is 0 Å². The molecule has 0 aromatic heterocycles. The van der Waals surface area contributed by atoms with E-state index in [1.54, 1.807) is 0 Å². The maximum absolute atomic E-state index is 10.6. The molecule has 0 unspecified atom stereocenters. The van der Waals surface area contributed by atoms with Gasteiger partial charge in [0, 0.05) is 0 Å². The summed E-state index contributed by atoms with van der Waals surface area (Å²) in [6, 6.07) is 0. The minimum atomic E-state index is -0.645. The molecule has 2 heteroatoms. The third-order valence-electron chi connectivity index (χ3n) is 9.02. The van der Waals surface area contributed by atoms with E-state index in [-0.39, 0.29) is 22.3 Å². The smallest absolute Gasteiger partial charge is 0.0805 e.